The first kappa shape index (κ1) is 17.8. The van der Waals surface area contributed by atoms with Gasteiger partial charge in [-0.3, -0.25) is 9.69 Å². The van der Waals surface area contributed by atoms with Gasteiger partial charge in [0.2, 0.25) is 5.91 Å². The highest BCUT2D eigenvalue weighted by molar-refractivity contribution is 5.98. The van der Waals surface area contributed by atoms with Crippen LogP contribution in [0.5, 0.6) is 5.75 Å². The molecule has 2 N–H and O–H groups in total. The smallest absolute Gasteiger partial charge is 0.338 e. The summed E-state index contributed by atoms with van der Waals surface area (Å²) in [6.07, 6.45) is 0. The van der Waals surface area contributed by atoms with E-state index in [1.54, 1.807) is 31.4 Å². The molecule has 0 spiro atoms. The van der Waals surface area contributed by atoms with Crippen LogP contribution in [0.15, 0.2) is 35.5 Å². The van der Waals surface area contributed by atoms with Gasteiger partial charge in [-0.25, -0.2) is 9.59 Å². The number of nitrogens with one attached hydrogen (secondary N) is 2. The Bertz CT molecular complexity index is 770. The molecule has 0 aromatic heterocycles. The lowest BCUT2D eigenvalue weighted by Crippen LogP contribution is -2.51. The van der Waals surface area contributed by atoms with Gasteiger partial charge in [-0.15, -0.1) is 0 Å². The highest BCUT2D eigenvalue weighted by Gasteiger charge is 2.42. The summed E-state index contributed by atoms with van der Waals surface area (Å²) in [5.41, 5.74) is 1.52. The fraction of sp³-hybridized carbons (Fsp3) is 0.389. The lowest BCUT2D eigenvalue weighted by atomic mass is 9.95. The van der Waals surface area contributed by atoms with Crippen molar-refractivity contribution in [3.05, 3.63) is 41.1 Å². The molecule has 1 atom stereocenters. The van der Waals surface area contributed by atoms with Crippen molar-refractivity contribution in [2.75, 3.05) is 20.3 Å². The van der Waals surface area contributed by atoms with E-state index in [-0.39, 0.29) is 25.1 Å². The number of esters is 1. The van der Waals surface area contributed by atoms with E-state index in [0.717, 1.165) is 5.56 Å². The summed E-state index contributed by atoms with van der Waals surface area (Å²) in [4.78, 5) is 38.2. The third kappa shape index (κ3) is 3.35. The number of hydrogen-bond acceptors (Lipinski definition) is 5. The average molecular weight is 359 g/mol. The minimum atomic E-state index is -0.622. The number of carbonyl (C=O) groups is 3. The Morgan fingerprint density at radius 3 is 2.65 bits per heavy atom. The fourth-order valence-corrected chi connectivity index (χ4v) is 3.04. The number of carbonyl (C=O) groups excluding carboxylic acids is 3. The van der Waals surface area contributed by atoms with Gasteiger partial charge in [0.05, 0.1) is 24.4 Å². The van der Waals surface area contributed by atoms with Crippen LogP contribution >= 0.6 is 0 Å². The van der Waals surface area contributed by atoms with Crippen molar-refractivity contribution in [2.24, 2.45) is 0 Å². The minimum absolute atomic E-state index is 0.0246. The van der Waals surface area contributed by atoms with E-state index in [1.165, 1.54) is 4.90 Å². The van der Waals surface area contributed by atoms with Gasteiger partial charge in [0.1, 0.15) is 18.9 Å². The van der Waals surface area contributed by atoms with Crippen LogP contribution in [-0.4, -0.2) is 49.1 Å². The number of rotatable bonds is 5. The number of nitrogens with zero attached hydrogens (tertiary/aromatic N) is 1. The molecule has 1 unspecified atom stereocenters. The van der Waals surface area contributed by atoms with E-state index in [1.807, 2.05) is 13.8 Å². The molecule has 3 rings (SSSR count). The molecule has 8 heteroatoms. The number of urea groups is 1. The van der Waals surface area contributed by atoms with Gasteiger partial charge >= 0.3 is 12.0 Å². The predicted octanol–water partition coefficient (Wildman–Crippen LogP) is 1.10. The topological polar surface area (TPSA) is 97.0 Å². The lowest BCUT2D eigenvalue weighted by molar-refractivity contribution is -0.136. The normalized spacial score (nSPS) is 19.2. The standard InChI is InChI=1S/C18H21N3O5/c1-10(2)19-14(22)8-21-13-9-26-17(23)15(13)16(20-18(21)24)11-4-6-12(25-3)7-5-11/h4-7,10,16H,8-9H2,1-3H3,(H,19,22)(H,20,24). The molecule has 2 aliphatic rings. The van der Waals surface area contributed by atoms with Gasteiger partial charge in [0.25, 0.3) is 0 Å². The second-order valence-electron chi connectivity index (χ2n) is 6.40. The molecule has 26 heavy (non-hydrogen) atoms. The van der Waals surface area contributed by atoms with Crippen LogP contribution in [-0.2, 0) is 14.3 Å². The zero-order valence-corrected chi connectivity index (χ0v) is 14.9. The summed E-state index contributed by atoms with van der Waals surface area (Å²) in [6, 6.07) is 5.96. The van der Waals surface area contributed by atoms with Crippen molar-refractivity contribution in [2.45, 2.75) is 25.9 Å². The van der Waals surface area contributed by atoms with Crippen molar-refractivity contribution in [1.82, 2.24) is 15.5 Å². The molecule has 8 nitrogen and oxygen atoms in total. The molecule has 1 aromatic carbocycles. The number of amides is 3. The Kier molecular flexibility index (Phi) is 4.83. The molecule has 0 fully saturated rings. The Hall–Kier alpha value is -3.03. The van der Waals surface area contributed by atoms with Crippen LogP contribution in [0.1, 0.15) is 25.5 Å². The number of ether oxygens (including phenoxy) is 2. The average Bonchev–Trinajstić information content (AvgIpc) is 2.98. The summed E-state index contributed by atoms with van der Waals surface area (Å²) >= 11 is 0. The Morgan fingerprint density at radius 2 is 2.04 bits per heavy atom. The van der Waals surface area contributed by atoms with E-state index in [4.69, 9.17) is 9.47 Å². The van der Waals surface area contributed by atoms with E-state index in [2.05, 4.69) is 10.6 Å². The summed E-state index contributed by atoms with van der Waals surface area (Å²) in [6.45, 7) is 3.47. The van der Waals surface area contributed by atoms with Crippen LogP contribution in [0, 0.1) is 0 Å². The molecule has 2 aliphatic heterocycles. The van der Waals surface area contributed by atoms with Crippen molar-refractivity contribution in [3.63, 3.8) is 0 Å². The van der Waals surface area contributed by atoms with Crippen molar-refractivity contribution in [3.8, 4) is 5.75 Å². The number of benzene rings is 1. The van der Waals surface area contributed by atoms with Crippen molar-refractivity contribution in [1.29, 1.82) is 0 Å². The van der Waals surface area contributed by atoms with E-state index in [0.29, 0.717) is 17.0 Å². The third-order valence-corrected chi connectivity index (χ3v) is 4.20. The van der Waals surface area contributed by atoms with Crippen LogP contribution in [0.25, 0.3) is 0 Å². The molecular weight excluding hydrogens is 338 g/mol. The number of hydrogen-bond donors (Lipinski definition) is 2. The van der Waals surface area contributed by atoms with Crippen LogP contribution in [0.4, 0.5) is 4.79 Å². The zero-order chi connectivity index (χ0) is 18.8. The zero-order valence-electron chi connectivity index (χ0n) is 14.9. The second kappa shape index (κ2) is 7.07. The highest BCUT2D eigenvalue weighted by Crippen LogP contribution is 2.35. The SMILES string of the molecule is COc1ccc(C2NC(=O)N(CC(=O)NC(C)C)C3=C2C(=O)OC3)cc1. The van der Waals surface area contributed by atoms with Crippen LogP contribution in [0.2, 0.25) is 0 Å². The lowest BCUT2D eigenvalue weighted by Gasteiger charge is -2.32. The second-order valence-corrected chi connectivity index (χ2v) is 6.40. The highest BCUT2D eigenvalue weighted by atomic mass is 16.5. The van der Waals surface area contributed by atoms with E-state index < -0.39 is 18.0 Å². The fourth-order valence-electron chi connectivity index (χ4n) is 3.04. The number of methoxy groups -OCH3 is 1. The van der Waals surface area contributed by atoms with Crippen LogP contribution < -0.4 is 15.4 Å². The monoisotopic (exact) mass is 359 g/mol. The van der Waals surface area contributed by atoms with Gasteiger partial charge in [0, 0.05) is 6.04 Å². The quantitative estimate of drug-likeness (QED) is 0.768. The van der Waals surface area contributed by atoms with Gasteiger partial charge in [-0.1, -0.05) is 12.1 Å². The molecular formula is C18H21N3O5. The van der Waals surface area contributed by atoms with Gasteiger partial charge in [-0.2, -0.15) is 0 Å². The maximum absolute atomic E-state index is 12.6. The Balaban J connectivity index is 1.91. The maximum Gasteiger partial charge on any atom is 0.338 e. The van der Waals surface area contributed by atoms with E-state index >= 15 is 0 Å². The first-order valence-electron chi connectivity index (χ1n) is 8.32. The number of cyclic esters (lactones) is 1. The molecule has 2 heterocycles. The summed E-state index contributed by atoms with van der Waals surface area (Å²) in [5.74, 6) is -0.120. The predicted molar refractivity (Wildman–Crippen MR) is 92.2 cm³/mol. The first-order valence-corrected chi connectivity index (χ1v) is 8.32. The molecule has 0 bridgehead atoms. The Morgan fingerprint density at radius 1 is 1.35 bits per heavy atom. The van der Waals surface area contributed by atoms with Crippen molar-refractivity contribution < 1.29 is 23.9 Å². The molecule has 138 valence electrons. The van der Waals surface area contributed by atoms with Crippen LogP contribution in [0.3, 0.4) is 0 Å². The molecule has 1 aromatic rings. The molecule has 0 radical (unpaired) electrons. The summed E-state index contributed by atoms with van der Waals surface area (Å²) < 4.78 is 10.3. The molecule has 0 saturated carbocycles. The summed E-state index contributed by atoms with van der Waals surface area (Å²) in [7, 11) is 1.56. The Labute approximate surface area is 151 Å². The summed E-state index contributed by atoms with van der Waals surface area (Å²) in [5, 5.41) is 5.52. The largest absolute Gasteiger partial charge is 0.497 e. The first-order chi connectivity index (χ1) is 12.4. The molecule has 0 aliphatic carbocycles. The molecule has 0 saturated heterocycles. The van der Waals surface area contributed by atoms with E-state index in [9.17, 15) is 14.4 Å². The third-order valence-electron chi connectivity index (χ3n) is 4.20. The molecule has 3 amide bonds. The van der Waals surface area contributed by atoms with Gasteiger partial charge in [0.15, 0.2) is 0 Å². The minimum Gasteiger partial charge on any atom is -0.497 e. The maximum atomic E-state index is 12.6. The van der Waals surface area contributed by atoms with Crippen molar-refractivity contribution >= 4 is 17.9 Å². The van der Waals surface area contributed by atoms with Gasteiger partial charge < -0.3 is 20.1 Å². The van der Waals surface area contributed by atoms with Gasteiger partial charge in [-0.05, 0) is 31.5 Å².